The molecule has 2 bridgehead atoms. The van der Waals surface area contributed by atoms with E-state index in [0.717, 1.165) is 43.1 Å². The zero-order valence-corrected chi connectivity index (χ0v) is 12.2. The Kier molecular flexibility index (Phi) is 3.87. The third-order valence-electron chi connectivity index (χ3n) is 5.17. The minimum absolute atomic E-state index is 0.592. The molecule has 4 nitrogen and oxygen atoms in total. The van der Waals surface area contributed by atoms with Crippen molar-refractivity contribution in [2.45, 2.75) is 58.5 Å². The second-order valence-corrected chi connectivity index (χ2v) is 6.20. The van der Waals surface area contributed by atoms with Gasteiger partial charge in [0.15, 0.2) is 0 Å². The Bertz CT molecular complexity index is 414. The summed E-state index contributed by atoms with van der Waals surface area (Å²) in [6.45, 7) is 6.33. The molecule has 0 amide bonds. The van der Waals surface area contributed by atoms with Crippen LogP contribution < -0.4 is 5.32 Å². The highest BCUT2D eigenvalue weighted by Crippen LogP contribution is 2.49. The molecule has 0 saturated heterocycles. The van der Waals surface area contributed by atoms with Crippen LogP contribution in [-0.2, 0) is 13.0 Å². The van der Waals surface area contributed by atoms with Gasteiger partial charge in [0.1, 0.15) is 12.2 Å². The molecule has 2 aliphatic rings. The summed E-state index contributed by atoms with van der Waals surface area (Å²) >= 11 is 0. The molecule has 4 atom stereocenters. The van der Waals surface area contributed by atoms with Crippen molar-refractivity contribution in [1.29, 1.82) is 0 Å². The van der Waals surface area contributed by atoms with Gasteiger partial charge in [-0.05, 0) is 50.5 Å². The zero-order chi connectivity index (χ0) is 13.2. The average Bonchev–Trinajstić information content (AvgIpc) is 3.13. The van der Waals surface area contributed by atoms with Crippen molar-refractivity contribution in [3.8, 4) is 0 Å². The molecule has 1 aromatic rings. The number of nitrogens with zero attached hydrogens (tertiary/aromatic N) is 3. The van der Waals surface area contributed by atoms with Crippen LogP contribution >= 0.6 is 0 Å². The van der Waals surface area contributed by atoms with E-state index in [2.05, 4.69) is 29.2 Å². The standard InChI is InChI=1S/C15H26N4/c1-3-16-14(9-15-17-10-18-19(15)4-2)13-8-11-5-6-12(13)7-11/h10-14,16H,3-9H2,1-2H3. The number of rotatable bonds is 6. The van der Waals surface area contributed by atoms with Gasteiger partial charge in [-0.1, -0.05) is 13.3 Å². The Labute approximate surface area is 116 Å². The van der Waals surface area contributed by atoms with E-state index in [9.17, 15) is 0 Å². The van der Waals surface area contributed by atoms with Gasteiger partial charge in [0.05, 0.1) is 0 Å². The largest absolute Gasteiger partial charge is 0.314 e. The normalized spacial score (nSPS) is 30.9. The molecule has 3 rings (SSSR count). The van der Waals surface area contributed by atoms with Crippen molar-refractivity contribution >= 4 is 0 Å². The molecule has 1 N–H and O–H groups in total. The monoisotopic (exact) mass is 262 g/mol. The van der Waals surface area contributed by atoms with Crippen LogP contribution in [0.5, 0.6) is 0 Å². The minimum Gasteiger partial charge on any atom is -0.314 e. The maximum Gasteiger partial charge on any atom is 0.138 e. The van der Waals surface area contributed by atoms with E-state index in [1.54, 1.807) is 6.33 Å². The third kappa shape index (κ3) is 2.55. The Morgan fingerprint density at radius 3 is 2.89 bits per heavy atom. The molecule has 0 aliphatic heterocycles. The summed E-state index contributed by atoms with van der Waals surface area (Å²) in [4.78, 5) is 4.45. The first-order valence-electron chi connectivity index (χ1n) is 7.91. The highest BCUT2D eigenvalue weighted by Gasteiger charge is 2.43. The van der Waals surface area contributed by atoms with E-state index in [-0.39, 0.29) is 0 Å². The first-order chi connectivity index (χ1) is 9.31. The van der Waals surface area contributed by atoms with Crippen LogP contribution in [0.25, 0.3) is 0 Å². The topological polar surface area (TPSA) is 42.7 Å². The van der Waals surface area contributed by atoms with Crippen LogP contribution in [0.1, 0.15) is 45.4 Å². The van der Waals surface area contributed by atoms with Crippen LogP contribution in [-0.4, -0.2) is 27.4 Å². The predicted octanol–water partition coefficient (Wildman–Crippen LogP) is 2.25. The molecule has 1 aromatic heterocycles. The van der Waals surface area contributed by atoms with E-state index in [0.29, 0.717) is 6.04 Å². The maximum atomic E-state index is 4.45. The van der Waals surface area contributed by atoms with Gasteiger partial charge >= 0.3 is 0 Å². The van der Waals surface area contributed by atoms with Gasteiger partial charge in [-0.2, -0.15) is 5.10 Å². The Balaban J connectivity index is 1.71. The number of hydrogen-bond acceptors (Lipinski definition) is 3. The third-order valence-corrected chi connectivity index (χ3v) is 5.17. The molecule has 2 fully saturated rings. The first-order valence-corrected chi connectivity index (χ1v) is 7.91. The summed E-state index contributed by atoms with van der Waals surface area (Å²) in [6.07, 6.45) is 8.58. The zero-order valence-electron chi connectivity index (χ0n) is 12.2. The molecule has 4 unspecified atom stereocenters. The highest BCUT2D eigenvalue weighted by molar-refractivity contribution is 4.99. The fourth-order valence-corrected chi connectivity index (χ4v) is 4.33. The van der Waals surface area contributed by atoms with Gasteiger partial charge < -0.3 is 5.32 Å². The predicted molar refractivity (Wildman–Crippen MR) is 75.8 cm³/mol. The number of likely N-dealkylation sites (N-methyl/N-ethyl adjacent to an activating group) is 1. The lowest BCUT2D eigenvalue weighted by Crippen LogP contribution is -2.41. The van der Waals surface area contributed by atoms with Gasteiger partial charge in [0, 0.05) is 19.0 Å². The van der Waals surface area contributed by atoms with Crippen LogP contribution in [0.4, 0.5) is 0 Å². The van der Waals surface area contributed by atoms with E-state index in [1.165, 1.54) is 25.7 Å². The Morgan fingerprint density at radius 2 is 2.26 bits per heavy atom. The fourth-order valence-electron chi connectivity index (χ4n) is 4.33. The molecule has 2 aliphatic carbocycles. The summed E-state index contributed by atoms with van der Waals surface area (Å²) in [5.41, 5.74) is 0. The molecule has 19 heavy (non-hydrogen) atoms. The number of fused-ring (bicyclic) bond motifs is 2. The van der Waals surface area contributed by atoms with Crippen LogP contribution in [0.2, 0.25) is 0 Å². The number of aryl methyl sites for hydroxylation is 1. The first kappa shape index (κ1) is 13.1. The smallest absolute Gasteiger partial charge is 0.138 e. The van der Waals surface area contributed by atoms with Gasteiger partial charge in [0.25, 0.3) is 0 Å². The summed E-state index contributed by atoms with van der Waals surface area (Å²) in [6, 6.07) is 0.592. The van der Waals surface area contributed by atoms with Gasteiger partial charge in [0.2, 0.25) is 0 Å². The van der Waals surface area contributed by atoms with Gasteiger partial charge in [-0.25, -0.2) is 4.98 Å². The molecule has 0 aromatic carbocycles. The molecular weight excluding hydrogens is 236 g/mol. The fraction of sp³-hybridized carbons (Fsp3) is 0.867. The lowest BCUT2D eigenvalue weighted by atomic mass is 9.82. The average molecular weight is 262 g/mol. The summed E-state index contributed by atoms with van der Waals surface area (Å²) in [5, 5.41) is 8.02. The van der Waals surface area contributed by atoms with Crippen molar-refractivity contribution in [3.63, 3.8) is 0 Å². The van der Waals surface area contributed by atoms with E-state index >= 15 is 0 Å². The van der Waals surface area contributed by atoms with E-state index in [4.69, 9.17) is 0 Å². The quantitative estimate of drug-likeness (QED) is 0.855. The van der Waals surface area contributed by atoms with Crippen molar-refractivity contribution in [2.24, 2.45) is 17.8 Å². The molecule has 0 spiro atoms. The van der Waals surface area contributed by atoms with Crippen LogP contribution in [0.15, 0.2) is 6.33 Å². The molecular formula is C15H26N4. The molecule has 2 saturated carbocycles. The Morgan fingerprint density at radius 1 is 1.37 bits per heavy atom. The van der Waals surface area contributed by atoms with E-state index in [1.807, 2.05) is 4.68 Å². The van der Waals surface area contributed by atoms with Gasteiger partial charge in [-0.3, -0.25) is 4.68 Å². The SMILES string of the molecule is CCNC(Cc1ncnn1CC)C1CC2CCC1C2. The summed E-state index contributed by atoms with van der Waals surface area (Å²) < 4.78 is 2.04. The molecule has 106 valence electrons. The highest BCUT2D eigenvalue weighted by atomic mass is 15.3. The molecule has 4 heteroatoms. The van der Waals surface area contributed by atoms with Crippen LogP contribution in [0.3, 0.4) is 0 Å². The number of nitrogens with one attached hydrogen (secondary N) is 1. The van der Waals surface area contributed by atoms with Crippen molar-refractivity contribution < 1.29 is 0 Å². The lowest BCUT2D eigenvalue weighted by molar-refractivity contribution is 0.245. The minimum atomic E-state index is 0.592. The van der Waals surface area contributed by atoms with Crippen molar-refractivity contribution in [1.82, 2.24) is 20.1 Å². The second kappa shape index (κ2) is 5.61. The van der Waals surface area contributed by atoms with E-state index < -0.39 is 0 Å². The maximum absolute atomic E-state index is 4.45. The molecule has 1 heterocycles. The van der Waals surface area contributed by atoms with Crippen molar-refractivity contribution in [3.05, 3.63) is 12.2 Å². The number of hydrogen-bond donors (Lipinski definition) is 1. The summed E-state index contributed by atoms with van der Waals surface area (Å²) in [5.74, 6) is 3.99. The lowest BCUT2D eigenvalue weighted by Gasteiger charge is -2.31. The van der Waals surface area contributed by atoms with Gasteiger partial charge in [-0.15, -0.1) is 0 Å². The second-order valence-electron chi connectivity index (χ2n) is 6.20. The molecule has 0 radical (unpaired) electrons. The van der Waals surface area contributed by atoms with Crippen LogP contribution in [0, 0.1) is 17.8 Å². The summed E-state index contributed by atoms with van der Waals surface area (Å²) in [7, 11) is 0. The van der Waals surface area contributed by atoms with Crippen molar-refractivity contribution in [2.75, 3.05) is 6.54 Å². The number of aromatic nitrogens is 3. The Hall–Kier alpha value is -0.900.